The Kier molecular flexibility index (Phi) is 11.6. The van der Waals surface area contributed by atoms with Crippen molar-refractivity contribution < 1.29 is 9.47 Å². The van der Waals surface area contributed by atoms with Gasteiger partial charge in [0.15, 0.2) is 0 Å². The molecule has 3 rings (SSSR count). The lowest BCUT2D eigenvalue weighted by atomic mass is 9.67. The smallest absolute Gasteiger partial charge is 0.127 e. The summed E-state index contributed by atoms with van der Waals surface area (Å²) < 4.78 is 12.7. The van der Waals surface area contributed by atoms with Crippen molar-refractivity contribution in [2.24, 2.45) is 11.1 Å². The van der Waals surface area contributed by atoms with Crippen LogP contribution in [0.25, 0.3) is 0 Å². The molecule has 2 atom stereocenters. The van der Waals surface area contributed by atoms with Crippen LogP contribution in [0.3, 0.4) is 0 Å². The van der Waals surface area contributed by atoms with E-state index in [4.69, 9.17) is 9.47 Å². The molecule has 1 aliphatic heterocycles. The van der Waals surface area contributed by atoms with Crippen LogP contribution in [0.15, 0.2) is 36.4 Å². The Balaban J connectivity index is 0.00000106. The van der Waals surface area contributed by atoms with Crippen LogP contribution in [0.4, 0.5) is 0 Å². The molecular formula is C26H43NO2S. The zero-order valence-corrected chi connectivity index (χ0v) is 20.9. The van der Waals surface area contributed by atoms with E-state index >= 15 is 0 Å². The fourth-order valence-corrected chi connectivity index (χ4v) is 4.59. The quantitative estimate of drug-likeness (QED) is 0.267. The van der Waals surface area contributed by atoms with Crippen LogP contribution in [0.5, 0.6) is 11.5 Å². The van der Waals surface area contributed by atoms with Gasteiger partial charge in [0, 0.05) is 17.4 Å². The summed E-state index contributed by atoms with van der Waals surface area (Å²) in [5.41, 5.74) is 3.94. The average molecular weight is 434 g/mol. The summed E-state index contributed by atoms with van der Waals surface area (Å²) >= 11 is 3.03. The summed E-state index contributed by atoms with van der Waals surface area (Å²) in [6.07, 6.45) is 11.2. The maximum Gasteiger partial charge on any atom is 0.127 e. The van der Waals surface area contributed by atoms with Crippen LogP contribution in [0.1, 0.15) is 90.7 Å². The van der Waals surface area contributed by atoms with Crippen LogP contribution in [0.2, 0.25) is 0 Å². The van der Waals surface area contributed by atoms with E-state index in [2.05, 4.69) is 70.4 Å². The number of fused-ring (bicyclic) bond motifs is 3. The van der Waals surface area contributed by atoms with Crippen molar-refractivity contribution in [3.8, 4) is 11.5 Å². The number of unbranched alkanes of at least 4 members (excludes halogenated alkanes) is 2. The van der Waals surface area contributed by atoms with Gasteiger partial charge in [-0.05, 0) is 64.2 Å². The largest absolute Gasteiger partial charge is 0.489 e. The maximum absolute atomic E-state index is 6.56. The van der Waals surface area contributed by atoms with Crippen LogP contribution >= 0.6 is 12.8 Å². The van der Waals surface area contributed by atoms with Gasteiger partial charge in [-0.15, -0.1) is 12.8 Å². The standard InChI is InChI=1S/C24H34O2.C2H6.H3NS/c1-6-8-9-10-18-15-21(25-13-7-2)23-19-14-17(3)11-12-20(19)24(4,5)26-22(23)16-18;2*1-2/h7,11,15-16,19-20H,2,6,8-10,12-14H2,1,3-5H3;1-2H3;2H,1H2. The highest BCUT2D eigenvalue weighted by molar-refractivity contribution is 7.77. The third-order valence-corrected chi connectivity index (χ3v) is 5.97. The lowest BCUT2D eigenvalue weighted by Gasteiger charge is -2.47. The highest BCUT2D eigenvalue weighted by Crippen LogP contribution is 2.54. The molecule has 1 aromatic carbocycles. The molecule has 2 unspecified atom stereocenters. The summed E-state index contributed by atoms with van der Waals surface area (Å²) in [5, 5.41) is 4.19. The van der Waals surface area contributed by atoms with E-state index in [-0.39, 0.29) is 5.60 Å². The molecule has 4 heteroatoms. The van der Waals surface area contributed by atoms with Gasteiger partial charge in [-0.1, -0.05) is 57.9 Å². The van der Waals surface area contributed by atoms with E-state index < -0.39 is 0 Å². The number of hydrogen-bond acceptors (Lipinski definition) is 4. The van der Waals surface area contributed by atoms with E-state index in [9.17, 15) is 0 Å². The van der Waals surface area contributed by atoms with E-state index in [0.29, 0.717) is 18.4 Å². The Hall–Kier alpha value is -1.39. The molecule has 1 aliphatic carbocycles. The lowest BCUT2D eigenvalue weighted by molar-refractivity contribution is 0.00736. The molecule has 2 N–H and O–H groups in total. The second kappa shape index (κ2) is 13.1. The first-order valence-corrected chi connectivity index (χ1v) is 12.0. The predicted molar refractivity (Wildman–Crippen MR) is 134 cm³/mol. The van der Waals surface area contributed by atoms with Crippen molar-refractivity contribution in [1.82, 2.24) is 0 Å². The Morgan fingerprint density at radius 3 is 2.60 bits per heavy atom. The highest BCUT2D eigenvalue weighted by atomic mass is 32.1. The summed E-state index contributed by atoms with van der Waals surface area (Å²) in [7, 11) is 0. The molecule has 0 aromatic heterocycles. The number of hydrogen-bond donors (Lipinski definition) is 2. The minimum Gasteiger partial charge on any atom is -0.489 e. The van der Waals surface area contributed by atoms with Crippen molar-refractivity contribution in [1.29, 1.82) is 0 Å². The molecule has 0 saturated carbocycles. The zero-order chi connectivity index (χ0) is 22.7. The summed E-state index contributed by atoms with van der Waals surface area (Å²) in [6.45, 7) is 17.4. The number of ether oxygens (including phenoxy) is 2. The van der Waals surface area contributed by atoms with Crippen molar-refractivity contribution in [2.45, 2.75) is 91.6 Å². The number of allylic oxidation sites excluding steroid dienone is 2. The van der Waals surface area contributed by atoms with Crippen LogP contribution in [-0.4, -0.2) is 12.2 Å². The van der Waals surface area contributed by atoms with Gasteiger partial charge in [0.1, 0.15) is 23.7 Å². The van der Waals surface area contributed by atoms with Gasteiger partial charge in [-0.3, -0.25) is 5.14 Å². The van der Waals surface area contributed by atoms with E-state index in [0.717, 1.165) is 30.8 Å². The van der Waals surface area contributed by atoms with Crippen molar-refractivity contribution in [3.05, 3.63) is 47.6 Å². The van der Waals surface area contributed by atoms with Crippen LogP contribution in [0, 0.1) is 5.92 Å². The summed E-state index contributed by atoms with van der Waals surface area (Å²) in [6, 6.07) is 4.53. The first kappa shape index (κ1) is 26.6. The maximum atomic E-state index is 6.56. The van der Waals surface area contributed by atoms with Crippen molar-refractivity contribution in [2.75, 3.05) is 6.61 Å². The zero-order valence-electron chi connectivity index (χ0n) is 20.0. The molecule has 1 heterocycles. The normalized spacial score (nSPS) is 20.6. The Morgan fingerprint density at radius 2 is 1.97 bits per heavy atom. The van der Waals surface area contributed by atoms with Gasteiger partial charge >= 0.3 is 0 Å². The van der Waals surface area contributed by atoms with Gasteiger partial charge in [0.05, 0.1) is 0 Å². The molecule has 30 heavy (non-hydrogen) atoms. The van der Waals surface area contributed by atoms with Crippen LogP contribution < -0.4 is 14.6 Å². The SMILES string of the molecule is C=CCOc1cc(CCCCC)cc2c1C1CC(C)=CCC1C(C)(C)O2.CC.NS. The van der Waals surface area contributed by atoms with Crippen molar-refractivity contribution in [3.63, 3.8) is 0 Å². The van der Waals surface area contributed by atoms with Gasteiger partial charge in [-0.2, -0.15) is 0 Å². The van der Waals surface area contributed by atoms with E-state index in [1.165, 1.54) is 36.0 Å². The second-order valence-corrected chi connectivity index (χ2v) is 8.47. The third-order valence-electron chi connectivity index (χ3n) is 5.97. The minimum atomic E-state index is -0.146. The first-order chi connectivity index (χ1) is 14.5. The fourth-order valence-electron chi connectivity index (χ4n) is 4.59. The van der Waals surface area contributed by atoms with Gasteiger partial charge in [0.2, 0.25) is 0 Å². The minimum absolute atomic E-state index is 0.146. The number of aryl methyl sites for hydroxylation is 1. The van der Waals surface area contributed by atoms with Gasteiger partial charge in [-0.25, -0.2) is 0 Å². The summed E-state index contributed by atoms with van der Waals surface area (Å²) in [4.78, 5) is 0. The third kappa shape index (κ3) is 6.55. The highest BCUT2D eigenvalue weighted by Gasteiger charge is 2.45. The molecule has 0 saturated heterocycles. The van der Waals surface area contributed by atoms with E-state index in [1.54, 1.807) is 0 Å². The molecule has 3 nitrogen and oxygen atoms in total. The molecule has 0 radical (unpaired) electrons. The van der Waals surface area contributed by atoms with E-state index in [1.807, 2.05) is 19.9 Å². The molecule has 2 aliphatic rings. The Bertz CT molecular complexity index is 697. The first-order valence-electron chi connectivity index (χ1n) is 11.5. The number of nitrogens with two attached hydrogens (primary N) is 1. The molecule has 0 bridgehead atoms. The topological polar surface area (TPSA) is 44.5 Å². The monoisotopic (exact) mass is 433 g/mol. The molecule has 170 valence electrons. The predicted octanol–water partition coefficient (Wildman–Crippen LogP) is 7.41. The van der Waals surface area contributed by atoms with Crippen LogP contribution in [-0.2, 0) is 6.42 Å². The second-order valence-electron chi connectivity index (χ2n) is 8.47. The molecule has 0 spiro atoms. The molecule has 0 amide bonds. The van der Waals surface area contributed by atoms with Gasteiger partial charge in [0.25, 0.3) is 0 Å². The number of benzene rings is 1. The molecule has 1 aromatic rings. The Labute approximate surface area is 190 Å². The average Bonchev–Trinajstić information content (AvgIpc) is 2.74. The number of thiol groups is 1. The Morgan fingerprint density at radius 1 is 1.27 bits per heavy atom. The fraction of sp³-hybridized carbons (Fsp3) is 0.615. The summed E-state index contributed by atoms with van der Waals surface area (Å²) in [5.74, 6) is 3.02. The van der Waals surface area contributed by atoms with Crippen molar-refractivity contribution >= 4 is 12.8 Å². The molecule has 0 fully saturated rings. The molecular weight excluding hydrogens is 390 g/mol. The number of rotatable bonds is 7. The van der Waals surface area contributed by atoms with Gasteiger partial charge < -0.3 is 9.47 Å². The lowest BCUT2D eigenvalue weighted by Crippen LogP contribution is -2.45.